The van der Waals surface area contributed by atoms with E-state index in [-0.39, 0.29) is 39.5 Å². The van der Waals surface area contributed by atoms with Crippen LogP contribution in [0.5, 0.6) is 0 Å². The van der Waals surface area contributed by atoms with Crippen molar-refractivity contribution >= 4 is 50.7 Å². The van der Waals surface area contributed by atoms with Crippen molar-refractivity contribution in [3.05, 3.63) is 130 Å². The summed E-state index contributed by atoms with van der Waals surface area (Å²) in [5, 5.41) is 3.29. The first-order valence-electron chi connectivity index (χ1n) is 14.3. The van der Waals surface area contributed by atoms with E-state index in [0.29, 0.717) is 13.0 Å². The summed E-state index contributed by atoms with van der Waals surface area (Å²) in [6.07, 6.45) is 0.948. The van der Waals surface area contributed by atoms with Crippen LogP contribution in [0, 0.1) is 6.92 Å². The summed E-state index contributed by atoms with van der Waals surface area (Å²) < 4.78 is 29.1. The van der Waals surface area contributed by atoms with Gasteiger partial charge in [0.1, 0.15) is 12.6 Å². The van der Waals surface area contributed by atoms with Gasteiger partial charge in [0, 0.05) is 24.5 Å². The van der Waals surface area contributed by atoms with Crippen molar-refractivity contribution in [3.63, 3.8) is 0 Å². The van der Waals surface area contributed by atoms with Crippen LogP contribution in [-0.2, 0) is 32.6 Å². The number of benzene rings is 4. The van der Waals surface area contributed by atoms with E-state index < -0.39 is 28.5 Å². The summed E-state index contributed by atoms with van der Waals surface area (Å²) >= 11 is 12.8. The number of amides is 2. The topological polar surface area (TPSA) is 86.8 Å². The standard InChI is InChI=1S/C34H35Cl2N3O4S/c1-3-20-37-34(41)32(21-26-10-6-4-7-11-26)38(23-27-16-14-25(2)15-17-27)33(40)24-39(31-22-28(35)18-19-30(31)36)44(42,43)29-12-8-5-9-13-29/h4-19,22,32H,3,20-21,23-24H2,1-2H3,(H,37,41). The number of carbonyl (C=O) groups is 2. The molecule has 1 N–H and O–H groups in total. The Balaban J connectivity index is 1.81. The third-order valence-electron chi connectivity index (χ3n) is 7.08. The molecular weight excluding hydrogens is 617 g/mol. The van der Waals surface area contributed by atoms with Crippen molar-refractivity contribution in [2.45, 2.75) is 44.2 Å². The van der Waals surface area contributed by atoms with Crippen LogP contribution >= 0.6 is 23.2 Å². The molecule has 230 valence electrons. The first-order chi connectivity index (χ1) is 21.1. The van der Waals surface area contributed by atoms with E-state index in [1.165, 1.54) is 29.2 Å². The minimum atomic E-state index is -4.28. The van der Waals surface area contributed by atoms with Crippen molar-refractivity contribution in [2.75, 3.05) is 17.4 Å². The van der Waals surface area contributed by atoms with Crippen molar-refractivity contribution in [3.8, 4) is 0 Å². The smallest absolute Gasteiger partial charge is 0.264 e. The maximum Gasteiger partial charge on any atom is 0.264 e. The quantitative estimate of drug-likeness (QED) is 0.175. The molecular formula is C34H35Cl2N3O4S. The fraction of sp³-hybridized carbons (Fsp3) is 0.235. The molecule has 0 bridgehead atoms. The summed E-state index contributed by atoms with van der Waals surface area (Å²) in [4.78, 5) is 29.6. The van der Waals surface area contributed by atoms with Gasteiger partial charge in [-0.15, -0.1) is 0 Å². The summed E-state index contributed by atoms with van der Waals surface area (Å²) in [6.45, 7) is 3.81. The summed E-state index contributed by atoms with van der Waals surface area (Å²) in [5.74, 6) is -0.900. The third-order valence-corrected chi connectivity index (χ3v) is 9.41. The molecule has 0 fully saturated rings. The molecule has 0 aliphatic carbocycles. The van der Waals surface area contributed by atoms with Gasteiger partial charge in [-0.1, -0.05) is 108 Å². The molecule has 7 nitrogen and oxygen atoms in total. The molecule has 4 aromatic carbocycles. The van der Waals surface area contributed by atoms with Gasteiger partial charge in [-0.3, -0.25) is 13.9 Å². The molecule has 0 aliphatic rings. The van der Waals surface area contributed by atoms with Crippen molar-refractivity contribution < 1.29 is 18.0 Å². The molecule has 0 spiro atoms. The highest BCUT2D eigenvalue weighted by Crippen LogP contribution is 2.33. The second kappa shape index (κ2) is 15.2. The van der Waals surface area contributed by atoms with E-state index in [1.54, 1.807) is 24.3 Å². The number of rotatable bonds is 13. The van der Waals surface area contributed by atoms with Gasteiger partial charge in [0.25, 0.3) is 10.0 Å². The molecule has 1 unspecified atom stereocenters. The monoisotopic (exact) mass is 651 g/mol. The number of anilines is 1. The number of sulfonamides is 1. The minimum Gasteiger partial charge on any atom is -0.354 e. The van der Waals surface area contributed by atoms with Gasteiger partial charge in [-0.25, -0.2) is 8.42 Å². The second-order valence-corrected chi connectivity index (χ2v) is 13.1. The molecule has 10 heteroatoms. The van der Waals surface area contributed by atoms with Crippen molar-refractivity contribution in [2.24, 2.45) is 0 Å². The van der Waals surface area contributed by atoms with Gasteiger partial charge in [-0.2, -0.15) is 0 Å². The first-order valence-corrected chi connectivity index (χ1v) is 16.5. The molecule has 2 amide bonds. The first kappa shape index (κ1) is 33.1. The van der Waals surface area contributed by atoms with E-state index in [4.69, 9.17) is 23.2 Å². The van der Waals surface area contributed by atoms with Crippen molar-refractivity contribution in [1.82, 2.24) is 10.2 Å². The average molecular weight is 653 g/mol. The fourth-order valence-corrected chi connectivity index (χ4v) is 6.60. The molecule has 1 atom stereocenters. The van der Waals surface area contributed by atoms with Crippen molar-refractivity contribution in [1.29, 1.82) is 0 Å². The summed E-state index contributed by atoms with van der Waals surface area (Å²) in [6, 6.07) is 28.4. The molecule has 0 saturated carbocycles. The largest absolute Gasteiger partial charge is 0.354 e. The van der Waals surface area contributed by atoms with Crippen LogP contribution in [0.25, 0.3) is 0 Å². The predicted octanol–water partition coefficient (Wildman–Crippen LogP) is 6.66. The minimum absolute atomic E-state index is 0.0181. The number of nitrogens with one attached hydrogen (secondary N) is 1. The summed E-state index contributed by atoms with van der Waals surface area (Å²) in [5.41, 5.74) is 2.76. The van der Waals surface area contributed by atoms with Gasteiger partial charge in [0.05, 0.1) is 15.6 Å². The second-order valence-electron chi connectivity index (χ2n) is 10.4. The van der Waals surface area contributed by atoms with E-state index in [2.05, 4.69) is 5.32 Å². The normalized spacial score (nSPS) is 11.9. The van der Waals surface area contributed by atoms with Crippen LogP contribution in [0.4, 0.5) is 5.69 Å². The van der Waals surface area contributed by atoms with Gasteiger partial charge in [0.2, 0.25) is 11.8 Å². The lowest BCUT2D eigenvalue weighted by molar-refractivity contribution is -0.140. The fourth-order valence-electron chi connectivity index (χ4n) is 4.72. The molecule has 0 saturated heterocycles. The Kier molecular flexibility index (Phi) is 11.4. The molecule has 4 rings (SSSR count). The van der Waals surface area contributed by atoms with Crippen LogP contribution < -0.4 is 9.62 Å². The average Bonchev–Trinajstić information content (AvgIpc) is 3.03. The Hall–Kier alpha value is -3.85. The van der Waals surface area contributed by atoms with Crippen LogP contribution in [0.3, 0.4) is 0 Å². The summed E-state index contributed by atoms with van der Waals surface area (Å²) in [7, 11) is -4.28. The van der Waals surface area contributed by atoms with E-state index >= 15 is 0 Å². The lowest BCUT2D eigenvalue weighted by atomic mass is 10.0. The van der Waals surface area contributed by atoms with E-state index in [9.17, 15) is 18.0 Å². The molecule has 4 aromatic rings. The molecule has 0 aromatic heterocycles. The Morgan fingerprint density at radius 1 is 0.841 bits per heavy atom. The Morgan fingerprint density at radius 2 is 1.48 bits per heavy atom. The molecule has 0 heterocycles. The number of hydrogen-bond acceptors (Lipinski definition) is 4. The van der Waals surface area contributed by atoms with Gasteiger partial charge >= 0.3 is 0 Å². The van der Waals surface area contributed by atoms with Gasteiger partial charge in [0.15, 0.2) is 0 Å². The van der Waals surface area contributed by atoms with Gasteiger partial charge in [-0.05, 0) is 54.8 Å². The number of carbonyl (C=O) groups excluding carboxylic acids is 2. The number of halogens is 2. The number of aryl methyl sites for hydroxylation is 1. The van der Waals surface area contributed by atoms with Crippen LogP contribution in [0.1, 0.15) is 30.0 Å². The highest BCUT2D eigenvalue weighted by Gasteiger charge is 2.35. The lowest BCUT2D eigenvalue weighted by Gasteiger charge is -2.34. The zero-order valence-corrected chi connectivity index (χ0v) is 26.9. The predicted molar refractivity (Wildman–Crippen MR) is 176 cm³/mol. The molecule has 44 heavy (non-hydrogen) atoms. The maximum atomic E-state index is 14.4. The zero-order valence-electron chi connectivity index (χ0n) is 24.6. The Labute approximate surface area is 269 Å². The zero-order chi connectivity index (χ0) is 31.7. The Morgan fingerprint density at radius 3 is 2.11 bits per heavy atom. The van der Waals surface area contributed by atoms with Gasteiger partial charge < -0.3 is 10.2 Å². The van der Waals surface area contributed by atoms with Crippen LogP contribution in [0.2, 0.25) is 10.0 Å². The maximum absolute atomic E-state index is 14.4. The Bertz CT molecular complexity index is 1670. The lowest BCUT2D eigenvalue weighted by Crippen LogP contribution is -2.53. The molecule has 0 aliphatic heterocycles. The molecule has 0 radical (unpaired) electrons. The van der Waals surface area contributed by atoms with Crippen LogP contribution in [-0.4, -0.2) is 44.3 Å². The van der Waals surface area contributed by atoms with Crippen LogP contribution in [0.15, 0.2) is 108 Å². The number of nitrogens with zero attached hydrogens (tertiary/aromatic N) is 2. The highest BCUT2D eigenvalue weighted by atomic mass is 35.5. The van der Waals surface area contributed by atoms with E-state index in [0.717, 1.165) is 21.0 Å². The van der Waals surface area contributed by atoms with E-state index in [1.807, 2.05) is 68.4 Å². The third kappa shape index (κ3) is 8.40. The SMILES string of the molecule is CCCNC(=O)C(Cc1ccccc1)N(Cc1ccc(C)cc1)C(=O)CN(c1cc(Cl)ccc1Cl)S(=O)(=O)c1ccccc1. The number of hydrogen-bond donors (Lipinski definition) is 1. The highest BCUT2D eigenvalue weighted by molar-refractivity contribution is 7.92.